The number of fused-ring (bicyclic) bond motifs is 1. The molecule has 2 rings (SSSR count). The van der Waals surface area contributed by atoms with Gasteiger partial charge < -0.3 is 10.2 Å². The van der Waals surface area contributed by atoms with Gasteiger partial charge in [-0.3, -0.25) is 4.79 Å². The molecule has 1 aromatic rings. The lowest BCUT2D eigenvalue weighted by atomic mass is 10.2. The number of carbonyl (C=O) groups excluding carboxylic acids is 1. The van der Waals surface area contributed by atoms with Crippen LogP contribution in [0.5, 0.6) is 0 Å². The number of carbonyl (C=O) groups is 1. The molecular weight excluding hydrogens is 224 g/mol. The molecular formula is C12H15ClN2O. The van der Waals surface area contributed by atoms with E-state index < -0.39 is 0 Å². The second-order valence-corrected chi connectivity index (χ2v) is 4.29. The van der Waals surface area contributed by atoms with Crippen molar-refractivity contribution in [2.45, 2.75) is 12.8 Å². The molecule has 0 aliphatic carbocycles. The molecule has 0 aromatic heterocycles. The summed E-state index contributed by atoms with van der Waals surface area (Å²) in [5.74, 6) is 0.162. The van der Waals surface area contributed by atoms with Gasteiger partial charge in [-0.2, -0.15) is 0 Å². The van der Waals surface area contributed by atoms with Crippen LogP contribution in [0.1, 0.15) is 12.0 Å². The van der Waals surface area contributed by atoms with Gasteiger partial charge in [-0.1, -0.05) is 17.7 Å². The van der Waals surface area contributed by atoms with Gasteiger partial charge in [-0.25, -0.2) is 0 Å². The molecule has 0 fully saturated rings. The van der Waals surface area contributed by atoms with Gasteiger partial charge in [-0.15, -0.1) is 0 Å². The number of hydrogen-bond acceptors (Lipinski definition) is 2. The molecule has 1 amide bonds. The summed E-state index contributed by atoms with van der Waals surface area (Å²) in [6.07, 6.45) is 1.39. The number of benzene rings is 1. The van der Waals surface area contributed by atoms with Crippen molar-refractivity contribution in [3.8, 4) is 0 Å². The van der Waals surface area contributed by atoms with Gasteiger partial charge in [0, 0.05) is 30.2 Å². The van der Waals surface area contributed by atoms with Crippen molar-refractivity contribution < 1.29 is 4.79 Å². The van der Waals surface area contributed by atoms with Crippen LogP contribution in [0.3, 0.4) is 0 Å². The minimum atomic E-state index is 0.162. The molecule has 0 radical (unpaired) electrons. The molecule has 4 heteroatoms. The fraction of sp³-hybridized carbons (Fsp3) is 0.417. The van der Waals surface area contributed by atoms with E-state index in [4.69, 9.17) is 11.6 Å². The molecule has 1 N–H and O–H groups in total. The van der Waals surface area contributed by atoms with Gasteiger partial charge >= 0.3 is 0 Å². The van der Waals surface area contributed by atoms with Gasteiger partial charge in [0.15, 0.2) is 0 Å². The lowest BCUT2D eigenvalue weighted by molar-refractivity contribution is -0.118. The number of nitrogens with one attached hydrogen (secondary N) is 1. The van der Waals surface area contributed by atoms with Crippen molar-refractivity contribution in [2.24, 2.45) is 0 Å². The second-order valence-electron chi connectivity index (χ2n) is 3.89. The first kappa shape index (κ1) is 11.4. The van der Waals surface area contributed by atoms with Crippen molar-refractivity contribution in [3.05, 3.63) is 28.8 Å². The van der Waals surface area contributed by atoms with E-state index in [1.54, 1.807) is 0 Å². The maximum Gasteiger partial charge on any atom is 0.228 e. The monoisotopic (exact) mass is 238 g/mol. The summed E-state index contributed by atoms with van der Waals surface area (Å²) in [4.78, 5) is 13.8. The lowest BCUT2D eigenvalue weighted by Crippen LogP contribution is -2.31. The summed E-state index contributed by atoms with van der Waals surface area (Å²) >= 11 is 6.09. The summed E-state index contributed by atoms with van der Waals surface area (Å²) in [5, 5.41) is 3.75. The molecule has 0 bridgehead atoms. The Morgan fingerprint density at radius 3 is 3.12 bits per heavy atom. The number of anilines is 1. The summed E-state index contributed by atoms with van der Waals surface area (Å²) < 4.78 is 0. The van der Waals surface area contributed by atoms with Crippen LogP contribution in [0.15, 0.2) is 18.2 Å². The first-order chi connectivity index (χ1) is 7.74. The number of halogens is 1. The Hall–Kier alpha value is -1.06. The number of nitrogens with zero attached hydrogens (tertiary/aromatic N) is 1. The third-order valence-electron chi connectivity index (χ3n) is 2.86. The maximum atomic E-state index is 11.9. The van der Waals surface area contributed by atoms with Crippen molar-refractivity contribution in [3.63, 3.8) is 0 Å². The van der Waals surface area contributed by atoms with Crippen LogP contribution in [0.4, 0.5) is 5.69 Å². The summed E-state index contributed by atoms with van der Waals surface area (Å²) in [6, 6.07) is 5.73. The standard InChI is InChI=1S/C12H15ClN2O/c1-14-7-5-12(16)15-8-6-9-10(13)3-2-4-11(9)15/h2-4,14H,5-8H2,1H3. The molecule has 86 valence electrons. The van der Waals surface area contributed by atoms with Crippen LogP contribution < -0.4 is 10.2 Å². The molecule has 1 heterocycles. The predicted molar refractivity (Wildman–Crippen MR) is 66.1 cm³/mol. The molecule has 0 spiro atoms. The highest BCUT2D eigenvalue weighted by Gasteiger charge is 2.25. The Bertz CT molecular complexity index is 406. The Morgan fingerprint density at radius 1 is 1.56 bits per heavy atom. The van der Waals surface area contributed by atoms with Crippen LogP contribution in [-0.2, 0) is 11.2 Å². The summed E-state index contributed by atoms with van der Waals surface area (Å²) in [5.41, 5.74) is 2.08. The maximum absolute atomic E-state index is 11.9. The Kier molecular flexibility index (Phi) is 3.46. The topological polar surface area (TPSA) is 32.3 Å². The quantitative estimate of drug-likeness (QED) is 0.872. The van der Waals surface area contributed by atoms with E-state index in [2.05, 4.69) is 5.32 Å². The van der Waals surface area contributed by atoms with E-state index in [9.17, 15) is 4.79 Å². The van der Waals surface area contributed by atoms with Crippen molar-refractivity contribution in [1.29, 1.82) is 0 Å². The molecule has 0 saturated carbocycles. The average Bonchev–Trinajstić information content (AvgIpc) is 2.71. The van der Waals surface area contributed by atoms with Gasteiger partial charge in [0.1, 0.15) is 0 Å². The molecule has 0 saturated heterocycles. The number of amides is 1. The van der Waals surface area contributed by atoms with Gasteiger partial charge in [-0.05, 0) is 31.2 Å². The minimum absolute atomic E-state index is 0.162. The van der Waals surface area contributed by atoms with E-state index in [1.807, 2.05) is 30.1 Å². The fourth-order valence-corrected chi connectivity index (χ4v) is 2.28. The third kappa shape index (κ3) is 2.06. The highest BCUT2D eigenvalue weighted by molar-refractivity contribution is 6.32. The van der Waals surface area contributed by atoms with Crippen molar-refractivity contribution in [2.75, 3.05) is 25.0 Å². The minimum Gasteiger partial charge on any atom is -0.319 e. The Morgan fingerprint density at radius 2 is 2.38 bits per heavy atom. The molecule has 0 unspecified atom stereocenters. The van der Waals surface area contributed by atoms with Gasteiger partial charge in [0.25, 0.3) is 0 Å². The molecule has 0 atom stereocenters. The summed E-state index contributed by atoms with van der Waals surface area (Å²) in [7, 11) is 1.85. The summed E-state index contributed by atoms with van der Waals surface area (Å²) in [6.45, 7) is 1.47. The van der Waals surface area contributed by atoms with E-state index >= 15 is 0 Å². The number of hydrogen-bond donors (Lipinski definition) is 1. The van der Waals surface area contributed by atoms with Gasteiger partial charge in [0.2, 0.25) is 5.91 Å². The molecule has 16 heavy (non-hydrogen) atoms. The highest BCUT2D eigenvalue weighted by Crippen LogP contribution is 2.33. The van der Waals surface area contributed by atoms with Crippen LogP contribution in [0.25, 0.3) is 0 Å². The Labute approximate surface area is 100 Å². The molecule has 1 aromatic carbocycles. The van der Waals surface area contributed by atoms with E-state index in [1.165, 1.54) is 0 Å². The second kappa shape index (κ2) is 4.85. The van der Waals surface area contributed by atoms with Crippen LogP contribution >= 0.6 is 11.6 Å². The zero-order chi connectivity index (χ0) is 11.5. The van der Waals surface area contributed by atoms with Crippen molar-refractivity contribution >= 4 is 23.2 Å². The Balaban J connectivity index is 2.17. The zero-order valence-electron chi connectivity index (χ0n) is 9.29. The fourth-order valence-electron chi connectivity index (χ4n) is 2.02. The van der Waals surface area contributed by atoms with E-state index in [0.29, 0.717) is 13.0 Å². The molecule has 1 aliphatic rings. The first-order valence-corrected chi connectivity index (χ1v) is 5.84. The predicted octanol–water partition coefficient (Wildman–Crippen LogP) is 1.84. The molecule has 3 nitrogen and oxygen atoms in total. The lowest BCUT2D eigenvalue weighted by Gasteiger charge is -2.17. The van der Waals surface area contributed by atoms with Crippen LogP contribution in [0.2, 0.25) is 5.02 Å². The first-order valence-electron chi connectivity index (χ1n) is 5.46. The van der Waals surface area contributed by atoms with E-state index in [-0.39, 0.29) is 5.91 Å². The van der Waals surface area contributed by atoms with Crippen LogP contribution in [-0.4, -0.2) is 26.0 Å². The SMILES string of the molecule is CNCCC(=O)N1CCc2c(Cl)cccc21. The largest absolute Gasteiger partial charge is 0.319 e. The third-order valence-corrected chi connectivity index (χ3v) is 3.21. The van der Waals surface area contributed by atoms with Gasteiger partial charge in [0.05, 0.1) is 0 Å². The molecule has 1 aliphatic heterocycles. The number of rotatable bonds is 3. The average molecular weight is 239 g/mol. The van der Waals surface area contributed by atoms with Crippen LogP contribution in [0, 0.1) is 0 Å². The highest BCUT2D eigenvalue weighted by atomic mass is 35.5. The van der Waals surface area contributed by atoms with E-state index in [0.717, 1.165) is 29.2 Å². The van der Waals surface area contributed by atoms with Crippen molar-refractivity contribution in [1.82, 2.24) is 5.32 Å². The smallest absolute Gasteiger partial charge is 0.228 e. The zero-order valence-corrected chi connectivity index (χ0v) is 10.0. The normalized spacial score (nSPS) is 14.0.